The van der Waals surface area contributed by atoms with E-state index in [1.807, 2.05) is 0 Å². The van der Waals surface area contributed by atoms with E-state index in [2.05, 4.69) is 5.32 Å². The number of hydrogen-bond donors (Lipinski definition) is 2. The molecule has 2 N–H and O–H groups in total. The van der Waals surface area contributed by atoms with Gasteiger partial charge in [-0.25, -0.2) is 0 Å². The van der Waals surface area contributed by atoms with E-state index in [4.69, 9.17) is 14.6 Å². The number of ether oxygens (including phenoxy) is 2. The van der Waals surface area contributed by atoms with Gasteiger partial charge in [0.25, 0.3) is 5.91 Å². The number of hydrogen-bond acceptors (Lipinski definition) is 4. The number of carbonyl (C=O) groups excluding carboxylic acids is 1. The van der Waals surface area contributed by atoms with Crippen molar-refractivity contribution < 1.29 is 24.2 Å². The lowest BCUT2D eigenvalue weighted by Crippen LogP contribution is -2.47. The molecule has 0 spiro atoms. The van der Waals surface area contributed by atoms with E-state index in [0.29, 0.717) is 37.4 Å². The lowest BCUT2D eigenvalue weighted by molar-refractivity contribution is -0.138. The number of methoxy groups -OCH3 is 1. The summed E-state index contributed by atoms with van der Waals surface area (Å²) in [5, 5.41) is 12.0. The Kier molecular flexibility index (Phi) is 5.98. The Morgan fingerprint density at radius 3 is 2.65 bits per heavy atom. The topological polar surface area (TPSA) is 84.9 Å². The molecular formula is C17H23NO5. The summed E-state index contributed by atoms with van der Waals surface area (Å²) in [5.74, 6) is -0.553. The van der Waals surface area contributed by atoms with Gasteiger partial charge >= 0.3 is 5.97 Å². The van der Waals surface area contributed by atoms with Crippen LogP contribution in [-0.4, -0.2) is 42.8 Å². The highest BCUT2D eigenvalue weighted by molar-refractivity contribution is 5.95. The fourth-order valence-corrected chi connectivity index (χ4v) is 2.97. The first kappa shape index (κ1) is 17.3. The molecule has 1 aromatic rings. The van der Waals surface area contributed by atoms with Crippen LogP contribution in [0.1, 0.15) is 42.5 Å². The Labute approximate surface area is 135 Å². The fourth-order valence-electron chi connectivity index (χ4n) is 2.97. The highest BCUT2D eigenvalue weighted by Gasteiger charge is 2.37. The largest absolute Gasteiger partial charge is 0.491 e. The lowest BCUT2D eigenvalue weighted by atomic mass is 9.92. The highest BCUT2D eigenvalue weighted by atomic mass is 16.5. The summed E-state index contributed by atoms with van der Waals surface area (Å²) < 4.78 is 10.4. The normalized spacial score (nSPS) is 16.0. The van der Waals surface area contributed by atoms with Crippen molar-refractivity contribution in [3.05, 3.63) is 29.8 Å². The van der Waals surface area contributed by atoms with Crippen LogP contribution >= 0.6 is 0 Å². The molecule has 1 saturated carbocycles. The van der Waals surface area contributed by atoms with E-state index < -0.39 is 11.5 Å². The van der Waals surface area contributed by atoms with Crippen LogP contribution in [0.5, 0.6) is 5.75 Å². The average Bonchev–Trinajstić information content (AvgIpc) is 2.95. The molecule has 1 aromatic carbocycles. The van der Waals surface area contributed by atoms with Gasteiger partial charge in [-0.1, -0.05) is 18.9 Å². The molecule has 23 heavy (non-hydrogen) atoms. The monoisotopic (exact) mass is 321 g/mol. The van der Waals surface area contributed by atoms with Crippen LogP contribution in [-0.2, 0) is 9.53 Å². The fraction of sp³-hybridized carbons (Fsp3) is 0.529. The van der Waals surface area contributed by atoms with Crippen molar-refractivity contribution in [2.45, 2.75) is 37.6 Å². The minimum absolute atomic E-state index is 0.0389. The van der Waals surface area contributed by atoms with E-state index in [0.717, 1.165) is 12.8 Å². The summed E-state index contributed by atoms with van der Waals surface area (Å²) in [4.78, 5) is 23.6. The molecule has 2 rings (SSSR count). The van der Waals surface area contributed by atoms with Gasteiger partial charge in [-0.05, 0) is 31.0 Å². The van der Waals surface area contributed by atoms with Crippen molar-refractivity contribution in [3.63, 3.8) is 0 Å². The summed E-state index contributed by atoms with van der Waals surface area (Å²) in [6.45, 7) is 0.878. The first-order valence-electron chi connectivity index (χ1n) is 7.81. The number of carboxylic acids is 1. The third-order valence-electron chi connectivity index (χ3n) is 4.08. The molecule has 0 bridgehead atoms. The standard InChI is InChI=1S/C17H23NO5/c1-22-9-10-23-14-6-4-5-13(11-14)16(21)18-17(12-15(19)20)7-2-3-8-17/h4-6,11H,2-3,7-10,12H2,1H3,(H,18,21)(H,19,20). The summed E-state index contributed by atoms with van der Waals surface area (Å²) in [5.41, 5.74) is -0.160. The second-order valence-electron chi connectivity index (χ2n) is 5.88. The van der Waals surface area contributed by atoms with Gasteiger partial charge in [-0.15, -0.1) is 0 Å². The van der Waals surface area contributed by atoms with Crippen LogP contribution in [0.3, 0.4) is 0 Å². The van der Waals surface area contributed by atoms with E-state index >= 15 is 0 Å². The number of aliphatic carboxylic acids is 1. The van der Waals surface area contributed by atoms with Crippen molar-refractivity contribution in [2.24, 2.45) is 0 Å². The zero-order valence-electron chi connectivity index (χ0n) is 13.3. The summed E-state index contributed by atoms with van der Waals surface area (Å²) in [7, 11) is 1.59. The molecule has 1 aliphatic carbocycles. The summed E-state index contributed by atoms with van der Waals surface area (Å²) in [6, 6.07) is 6.88. The maximum Gasteiger partial charge on any atom is 0.305 e. The van der Waals surface area contributed by atoms with Crippen LogP contribution < -0.4 is 10.1 Å². The third kappa shape index (κ3) is 4.96. The summed E-state index contributed by atoms with van der Waals surface area (Å²) >= 11 is 0. The number of carbonyl (C=O) groups is 2. The Balaban J connectivity index is 2.04. The predicted molar refractivity (Wildman–Crippen MR) is 84.7 cm³/mol. The van der Waals surface area contributed by atoms with E-state index in [1.165, 1.54) is 0 Å². The molecule has 0 heterocycles. The first-order chi connectivity index (χ1) is 11.0. The smallest absolute Gasteiger partial charge is 0.305 e. The molecule has 126 valence electrons. The molecule has 0 atom stereocenters. The van der Waals surface area contributed by atoms with Crippen molar-refractivity contribution >= 4 is 11.9 Å². The van der Waals surface area contributed by atoms with Crippen LogP contribution in [0.4, 0.5) is 0 Å². The Morgan fingerprint density at radius 1 is 1.26 bits per heavy atom. The Bertz CT molecular complexity index is 552. The molecular weight excluding hydrogens is 298 g/mol. The molecule has 1 amide bonds. The Morgan fingerprint density at radius 2 is 2.00 bits per heavy atom. The van der Waals surface area contributed by atoms with Crippen molar-refractivity contribution in [1.82, 2.24) is 5.32 Å². The van der Waals surface area contributed by atoms with Crippen LogP contribution in [0.15, 0.2) is 24.3 Å². The van der Waals surface area contributed by atoms with E-state index in [1.54, 1.807) is 31.4 Å². The van der Waals surface area contributed by atoms with Gasteiger partial charge in [0.15, 0.2) is 0 Å². The lowest BCUT2D eigenvalue weighted by Gasteiger charge is -2.28. The van der Waals surface area contributed by atoms with Crippen molar-refractivity contribution in [1.29, 1.82) is 0 Å². The van der Waals surface area contributed by atoms with Gasteiger partial charge in [0.05, 0.1) is 18.6 Å². The first-order valence-corrected chi connectivity index (χ1v) is 7.81. The van der Waals surface area contributed by atoms with Gasteiger partial charge in [0.2, 0.25) is 0 Å². The van der Waals surface area contributed by atoms with Gasteiger partial charge in [-0.3, -0.25) is 9.59 Å². The molecule has 0 aliphatic heterocycles. The third-order valence-corrected chi connectivity index (χ3v) is 4.08. The number of nitrogens with one attached hydrogen (secondary N) is 1. The Hall–Kier alpha value is -2.08. The van der Waals surface area contributed by atoms with Crippen LogP contribution in [0.25, 0.3) is 0 Å². The number of rotatable bonds is 8. The second-order valence-corrected chi connectivity index (χ2v) is 5.88. The van der Waals surface area contributed by atoms with E-state index in [-0.39, 0.29) is 12.3 Å². The molecule has 0 aromatic heterocycles. The minimum Gasteiger partial charge on any atom is -0.491 e. The minimum atomic E-state index is -0.885. The predicted octanol–water partition coefficient (Wildman–Crippen LogP) is 2.23. The van der Waals surface area contributed by atoms with Crippen molar-refractivity contribution in [3.8, 4) is 5.75 Å². The molecule has 1 aliphatic rings. The second kappa shape index (κ2) is 7.97. The average molecular weight is 321 g/mol. The maximum absolute atomic E-state index is 12.5. The van der Waals surface area contributed by atoms with Crippen molar-refractivity contribution in [2.75, 3.05) is 20.3 Å². The maximum atomic E-state index is 12.5. The van der Waals surface area contributed by atoms with Gasteiger partial charge in [-0.2, -0.15) is 0 Å². The van der Waals surface area contributed by atoms with Gasteiger partial charge in [0, 0.05) is 12.7 Å². The highest BCUT2D eigenvalue weighted by Crippen LogP contribution is 2.33. The molecule has 0 saturated heterocycles. The van der Waals surface area contributed by atoms with Crippen LogP contribution in [0.2, 0.25) is 0 Å². The molecule has 0 radical (unpaired) electrons. The summed E-state index contributed by atoms with van der Waals surface area (Å²) in [6.07, 6.45) is 3.24. The number of amides is 1. The molecule has 1 fully saturated rings. The zero-order valence-corrected chi connectivity index (χ0v) is 13.3. The van der Waals surface area contributed by atoms with Gasteiger partial charge < -0.3 is 19.9 Å². The number of benzene rings is 1. The molecule has 6 heteroatoms. The SMILES string of the molecule is COCCOc1cccc(C(=O)NC2(CC(=O)O)CCCC2)c1. The van der Waals surface area contributed by atoms with Crippen LogP contribution in [0, 0.1) is 0 Å². The van der Waals surface area contributed by atoms with E-state index in [9.17, 15) is 9.59 Å². The molecule has 0 unspecified atom stereocenters. The van der Waals surface area contributed by atoms with Gasteiger partial charge in [0.1, 0.15) is 12.4 Å². The quantitative estimate of drug-likeness (QED) is 0.717. The molecule has 6 nitrogen and oxygen atoms in total. The zero-order chi connectivity index (χ0) is 16.7. The number of carboxylic acid groups (broad SMARTS) is 1.